The van der Waals surface area contributed by atoms with Crippen LogP contribution in [0.5, 0.6) is 0 Å². The number of ether oxygens (including phenoxy) is 1. The third-order valence-electron chi connectivity index (χ3n) is 3.25. The van der Waals surface area contributed by atoms with Gasteiger partial charge < -0.3 is 15.0 Å². The van der Waals surface area contributed by atoms with Gasteiger partial charge in [-0.15, -0.1) is 0 Å². The minimum atomic E-state index is -1.19. The summed E-state index contributed by atoms with van der Waals surface area (Å²) in [4.78, 5) is 52.9. The Hall–Kier alpha value is -2.39. The van der Waals surface area contributed by atoms with Crippen LogP contribution in [-0.2, 0) is 19.1 Å². The SMILES string of the molecule is C[C@H](OC(=O)CN1C(=O)CN(C)C1=O)C(=O)Nc1ncc(Cl)cc1Cl. The molecule has 1 aliphatic heterocycles. The van der Waals surface area contributed by atoms with Crippen LogP contribution in [0.3, 0.4) is 0 Å². The van der Waals surface area contributed by atoms with E-state index in [1.807, 2.05) is 0 Å². The number of amides is 4. The summed E-state index contributed by atoms with van der Waals surface area (Å²) in [6.45, 7) is 0.652. The molecule has 2 heterocycles. The average Bonchev–Trinajstić information content (AvgIpc) is 2.76. The first-order valence-corrected chi connectivity index (χ1v) is 7.81. The molecule has 134 valence electrons. The Morgan fingerprint density at radius 2 is 2.08 bits per heavy atom. The van der Waals surface area contributed by atoms with Gasteiger partial charge in [-0.2, -0.15) is 0 Å². The van der Waals surface area contributed by atoms with Gasteiger partial charge in [0.15, 0.2) is 11.9 Å². The molecule has 1 fully saturated rings. The first-order valence-electron chi connectivity index (χ1n) is 7.06. The molecule has 0 aromatic carbocycles. The van der Waals surface area contributed by atoms with Crippen molar-refractivity contribution in [3.05, 3.63) is 22.3 Å². The van der Waals surface area contributed by atoms with E-state index in [0.29, 0.717) is 5.02 Å². The lowest BCUT2D eigenvalue weighted by molar-refractivity contribution is -0.154. The summed E-state index contributed by atoms with van der Waals surface area (Å²) < 4.78 is 4.93. The van der Waals surface area contributed by atoms with Crippen molar-refractivity contribution in [2.75, 3.05) is 25.5 Å². The van der Waals surface area contributed by atoms with E-state index in [2.05, 4.69) is 10.3 Å². The molecule has 4 amide bonds. The van der Waals surface area contributed by atoms with Crippen LogP contribution in [0.25, 0.3) is 0 Å². The normalized spacial score (nSPS) is 15.4. The van der Waals surface area contributed by atoms with Crippen molar-refractivity contribution in [1.82, 2.24) is 14.8 Å². The smallest absolute Gasteiger partial charge is 0.327 e. The van der Waals surface area contributed by atoms with Crippen LogP contribution in [0.15, 0.2) is 12.3 Å². The summed E-state index contributed by atoms with van der Waals surface area (Å²) in [6.07, 6.45) is 0.104. The number of likely N-dealkylation sites (N-methyl/N-ethyl adjacent to an activating group) is 1. The van der Waals surface area contributed by atoms with Crippen LogP contribution in [0, 0.1) is 0 Å². The molecule has 1 aromatic rings. The molecule has 25 heavy (non-hydrogen) atoms. The Morgan fingerprint density at radius 1 is 1.40 bits per heavy atom. The highest BCUT2D eigenvalue weighted by atomic mass is 35.5. The Balaban J connectivity index is 1.91. The number of hydrogen-bond donors (Lipinski definition) is 1. The summed E-state index contributed by atoms with van der Waals surface area (Å²) in [5.41, 5.74) is 0. The topological polar surface area (TPSA) is 109 Å². The molecule has 1 saturated heterocycles. The van der Waals surface area contributed by atoms with E-state index in [4.69, 9.17) is 27.9 Å². The van der Waals surface area contributed by atoms with E-state index in [9.17, 15) is 19.2 Å². The number of halogens is 2. The summed E-state index contributed by atoms with van der Waals surface area (Å²) in [5.74, 6) is -2.03. The van der Waals surface area contributed by atoms with Crippen LogP contribution in [-0.4, -0.2) is 64.8 Å². The lowest BCUT2D eigenvalue weighted by atomic mass is 10.3. The van der Waals surface area contributed by atoms with Crippen molar-refractivity contribution < 1.29 is 23.9 Å². The molecule has 1 aliphatic rings. The molecular formula is C14H14Cl2N4O5. The molecule has 1 aromatic heterocycles. The second-order valence-corrected chi connectivity index (χ2v) is 6.07. The van der Waals surface area contributed by atoms with Gasteiger partial charge in [0.05, 0.1) is 10.0 Å². The van der Waals surface area contributed by atoms with Crippen molar-refractivity contribution in [2.45, 2.75) is 13.0 Å². The van der Waals surface area contributed by atoms with Crippen molar-refractivity contribution in [3.63, 3.8) is 0 Å². The fraction of sp³-hybridized carbons (Fsp3) is 0.357. The lowest BCUT2D eigenvalue weighted by Crippen LogP contribution is -2.39. The maximum atomic E-state index is 12.0. The first-order chi connectivity index (χ1) is 11.7. The van der Waals surface area contributed by atoms with E-state index in [0.717, 1.165) is 4.90 Å². The van der Waals surface area contributed by atoms with E-state index >= 15 is 0 Å². The molecule has 1 atom stereocenters. The molecule has 9 nitrogen and oxygen atoms in total. The van der Waals surface area contributed by atoms with E-state index in [1.54, 1.807) is 0 Å². The molecule has 0 spiro atoms. The highest BCUT2D eigenvalue weighted by molar-refractivity contribution is 6.36. The molecule has 11 heteroatoms. The Labute approximate surface area is 152 Å². The second-order valence-electron chi connectivity index (χ2n) is 5.22. The van der Waals surface area contributed by atoms with Crippen LogP contribution < -0.4 is 5.32 Å². The van der Waals surface area contributed by atoms with E-state index in [1.165, 1.54) is 31.1 Å². The fourth-order valence-corrected chi connectivity index (χ4v) is 2.39. The largest absolute Gasteiger partial charge is 0.451 e. The van der Waals surface area contributed by atoms with Gasteiger partial charge in [-0.1, -0.05) is 23.2 Å². The summed E-state index contributed by atoms with van der Waals surface area (Å²) in [5, 5.41) is 2.81. The number of imide groups is 1. The van der Waals surface area contributed by atoms with Gasteiger partial charge in [0.1, 0.15) is 13.1 Å². The summed E-state index contributed by atoms with van der Waals surface area (Å²) >= 11 is 11.6. The van der Waals surface area contributed by atoms with Crippen molar-refractivity contribution >= 4 is 52.8 Å². The maximum absolute atomic E-state index is 12.0. The minimum Gasteiger partial charge on any atom is -0.451 e. The van der Waals surface area contributed by atoms with Gasteiger partial charge >= 0.3 is 12.0 Å². The summed E-state index contributed by atoms with van der Waals surface area (Å²) in [6, 6.07) is 0.792. The lowest BCUT2D eigenvalue weighted by Gasteiger charge is -2.16. The Morgan fingerprint density at radius 3 is 2.64 bits per heavy atom. The van der Waals surface area contributed by atoms with Crippen molar-refractivity contribution in [3.8, 4) is 0 Å². The van der Waals surface area contributed by atoms with Crippen LogP contribution in [0.1, 0.15) is 6.92 Å². The van der Waals surface area contributed by atoms with E-state index < -0.39 is 36.5 Å². The quantitative estimate of drug-likeness (QED) is 0.598. The fourth-order valence-electron chi connectivity index (χ4n) is 1.97. The van der Waals surface area contributed by atoms with Gasteiger partial charge in [-0.05, 0) is 13.0 Å². The van der Waals surface area contributed by atoms with Gasteiger partial charge in [0.2, 0.25) is 0 Å². The zero-order chi connectivity index (χ0) is 18.7. The monoisotopic (exact) mass is 388 g/mol. The Kier molecular flexibility index (Phi) is 5.81. The highest BCUT2D eigenvalue weighted by Gasteiger charge is 2.35. The molecule has 0 radical (unpaired) electrons. The predicted molar refractivity (Wildman–Crippen MR) is 88.2 cm³/mol. The number of anilines is 1. The number of carbonyl (C=O) groups is 4. The van der Waals surface area contributed by atoms with Crippen molar-refractivity contribution in [1.29, 1.82) is 0 Å². The Bertz CT molecular complexity index is 742. The third-order valence-corrected chi connectivity index (χ3v) is 3.74. The molecule has 0 saturated carbocycles. The molecule has 1 N–H and O–H groups in total. The molecule has 0 aliphatic carbocycles. The highest BCUT2D eigenvalue weighted by Crippen LogP contribution is 2.22. The number of rotatable bonds is 5. The minimum absolute atomic E-state index is 0.0606. The number of nitrogens with one attached hydrogen (secondary N) is 1. The number of esters is 1. The zero-order valence-electron chi connectivity index (χ0n) is 13.3. The predicted octanol–water partition coefficient (Wildman–Crippen LogP) is 1.15. The number of urea groups is 1. The average molecular weight is 389 g/mol. The van der Waals surface area contributed by atoms with Gasteiger partial charge in [0, 0.05) is 13.2 Å². The number of pyridine rings is 1. The van der Waals surface area contributed by atoms with Crippen LogP contribution in [0.2, 0.25) is 10.0 Å². The van der Waals surface area contributed by atoms with Gasteiger partial charge in [-0.25, -0.2) is 9.78 Å². The molecule has 2 rings (SSSR count). The van der Waals surface area contributed by atoms with Gasteiger partial charge in [0.25, 0.3) is 11.8 Å². The third kappa shape index (κ3) is 4.58. The molecular weight excluding hydrogens is 375 g/mol. The van der Waals surface area contributed by atoms with Gasteiger partial charge in [-0.3, -0.25) is 19.3 Å². The number of hydrogen-bond acceptors (Lipinski definition) is 6. The first kappa shape index (κ1) is 18.9. The van der Waals surface area contributed by atoms with Crippen LogP contribution in [0.4, 0.5) is 10.6 Å². The van der Waals surface area contributed by atoms with E-state index in [-0.39, 0.29) is 17.4 Å². The number of nitrogens with zero attached hydrogens (tertiary/aromatic N) is 3. The maximum Gasteiger partial charge on any atom is 0.327 e. The second kappa shape index (κ2) is 7.66. The summed E-state index contributed by atoms with van der Waals surface area (Å²) in [7, 11) is 1.44. The number of carbonyl (C=O) groups excluding carboxylic acids is 4. The standard InChI is InChI=1S/C14H14Cl2N4O5/c1-7(13(23)18-12-9(16)3-8(15)4-17-12)25-11(22)6-20-10(21)5-19(2)14(20)24/h3-4,7H,5-6H2,1-2H3,(H,17,18,23)/t7-/m0/s1. The van der Waals surface area contributed by atoms with Crippen molar-refractivity contribution in [2.24, 2.45) is 0 Å². The molecule has 0 bridgehead atoms. The number of aromatic nitrogens is 1. The van der Waals surface area contributed by atoms with Crippen LogP contribution >= 0.6 is 23.2 Å². The molecule has 0 unspecified atom stereocenters. The zero-order valence-corrected chi connectivity index (χ0v) is 14.8.